The Hall–Kier alpha value is -4.17. The number of benzene rings is 3. The lowest BCUT2D eigenvalue weighted by Crippen LogP contribution is -2.13. The number of nitrogens with one attached hydrogen (secondary N) is 1. The molecule has 0 aliphatic carbocycles. The van der Waals surface area contributed by atoms with Crippen molar-refractivity contribution < 1.29 is 14.3 Å². The van der Waals surface area contributed by atoms with Crippen molar-refractivity contribution in [3.05, 3.63) is 101 Å². The normalized spacial score (nSPS) is 10.7. The summed E-state index contributed by atoms with van der Waals surface area (Å²) in [6.07, 6.45) is 1.48. The zero-order valence-electron chi connectivity index (χ0n) is 15.8. The van der Waals surface area contributed by atoms with Gasteiger partial charge >= 0.3 is 5.97 Å². The van der Waals surface area contributed by atoms with Crippen LogP contribution in [0.25, 0.3) is 6.08 Å². The number of esters is 1. The lowest BCUT2D eigenvalue weighted by Gasteiger charge is -2.06. The van der Waals surface area contributed by atoms with Gasteiger partial charge in [0.2, 0.25) is 0 Å². The van der Waals surface area contributed by atoms with Crippen molar-refractivity contribution >= 4 is 23.6 Å². The molecular weight excluding hydrogens is 364 g/mol. The lowest BCUT2D eigenvalue weighted by atomic mass is 10.1. The second-order valence-electron chi connectivity index (χ2n) is 6.31. The first-order chi connectivity index (χ1) is 14.0. The van der Waals surface area contributed by atoms with Crippen molar-refractivity contribution in [3.8, 4) is 11.8 Å². The fourth-order valence-electron chi connectivity index (χ4n) is 2.52. The minimum Gasteiger partial charge on any atom is -0.423 e. The minimum atomic E-state index is -0.492. The maximum Gasteiger partial charge on any atom is 0.343 e. The average Bonchev–Trinajstić information content (AvgIpc) is 2.74. The molecule has 0 unspecified atom stereocenters. The van der Waals surface area contributed by atoms with E-state index >= 15 is 0 Å². The smallest absolute Gasteiger partial charge is 0.343 e. The molecule has 0 atom stereocenters. The lowest BCUT2D eigenvalue weighted by molar-refractivity contribution is -0.112. The van der Waals surface area contributed by atoms with Gasteiger partial charge in [-0.3, -0.25) is 4.79 Å². The standard InChI is InChI=1S/C24H18N2O3/c1-17-7-11-19(12-8-17)24(28)29-22-13-9-18(10-14-22)15-20(16-25)23(27)26-21-5-3-2-4-6-21/h2-15H,1H3,(H,26,27)/b20-15-. The Morgan fingerprint density at radius 1 is 0.931 bits per heavy atom. The number of nitriles is 1. The summed E-state index contributed by atoms with van der Waals surface area (Å²) in [5, 5.41) is 12.0. The Bertz CT molecular complexity index is 1080. The molecular formula is C24H18N2O3. The van der Waals surface area contributed by atoms with Gasteiger partial charge in [0, 0.05) is 5.69 Å². The van der Waals surface area contributed by atoms with Gasteiger partial charge < -0.3 is 10.1 Å². The summed E-state index contributed by atoms with van der Waals surface area (Å²) in [5.74, 6) is -0.568. The fraction of sp³-hybridized carbons (Fsp3) is 0.0417. The van der Waals surface area contributed by atoms with Crippen LogP contribution in [0.4, 0.5) is 5.69 Å². The largest absolute Gasteiger partial charge is 0.423 e. The molecule has 1 N–H and O–H groups in total. The van der Waals surface area contributed by atoms with Crippen LogP contribution in [-0.4, -0.2) is 11.9 Å². The predicted octanol–water partition coefficient (Wildman–Crippen LogP) is 4.76. The topological polar surface area (TPSA) is 79.2 Å². The summed E-state index contributed by atoms with van der Waals surface area (Å²) < 4.78 is 5.35. The molecule has 0 spiro atoms. The third-order valence-electron chi connectivity index (χ3n) is 4.09. The summed E-state index contributed by atoms with van der Waals surface area (Å²) in [7, 11) is 0. The van der Waals surface area contributed by atoms with Crippen molar-refractivity contribution in [2.24, 2.45) is 0 Å². The highest BCUT2D eigenvalue weighted by molar-refractivity contribution is 6.09. The fourth-order valence-corrected chi connectivity index (χ4v) is 2.52. The molecule has 0 fully saturated rings. The molecule has 3 rings (SSSR count). The average molecular weight is 382 g/mol. The number of rotatable bonds is 5. The van der Waals surface area contributed by atoms with E-state index in [1.807, 2.05) is 31.2 Å². The number of carbonyl (C=O) groups excluding carboxylic acids is 2. The van der Waals surface area contributed by atoms with Crippen molar-refractivity contribution in [1.82, 2.24) is 0 Å². The third-order valence-corrected chi connectivity index (χ3v) is 4.09. The highest BCUT2D eigenvalue weighted by Crippen LogP contribution is 2.17. The predicted molar refractivity (Wildman–Crippen MR) is 111 cm³/mol. The number of ether oxygens (including phenoxy) is 1. The Kier molecular flexibility index (Phi) is 6.18. The van der Waals surface area contributed by atoms with Crippen LogP contribution in [0.3, 0.4) is 0 Å². The van der Waals surface area contributed by atoms with Gasteiger partial charge in [0.1, 0.15) is 17.4 Å². The molecule has 3 aromatic carbocycles. The Morgan fingerprint density at radius 3 is 2.21 bits per heavy atom. The molecule has 0 radical (unpaired) electrons. The summed E-state index contributed by atoms with van der Waals surface area (Å²) in [4.78, 5) is 24.4. The van der Waals surface area contributed by atoms with Gasteiger partial charge in [0.25, 0.3) is 5.91 Å². The maximum atomic E-state index is 12.3. The van der Waals surface area contributed by atoms with Crippen LogP contribution >= 0.6 is 0 Å². The van der Waals surface area contributed by atoms with Gasteiger partial charge in [0.05, 0.1) is 5.56 Å². The van der Waals surface area contributed by atoms with Crippen molar-refractivity contribution in [2.45, 2.75) is 6.92 Å². The van der Waals surface area contributed by atoms with Crippen molar-refractivity contribution in [1.29, 1.82) is 5.26 Å². The molecule has 3 aromatic rings. The van der Waals surface area contributed by atoms with Crippen LogP contribution in [-0.2, 0) is 4.79 Å². The number of amides is 1. The van der Waals surface area contributed by atoms with Gasteiger partial charge in [0.15, 0.2) is 0 Å². The zero-order chi connectivity index (χ0) is 20.6. The van der Waals surface area contributed by atoms with Crippen LogP contribution in [0.1, 0.15) is 21.5 Å². The molecule has 5 nitrogen and oxygen atoms in total. The molecule has 0 aliphatic rings. The summed E-state index contributed by atoms with van der Waals surface area (Å²) in [6.45, 7) is 1.94. The van der Waals surface area contributed by atoms with E-state index in [0.29, 0.717) is 22.6 Å². The molecule has 0 saturated heterocycles. The molecule has 5 heteroatoms. The van der Waals surface area contributed by atoms with E-state index < -0.39 is 11.9 Å². The molecule has 0 aromatic heterocycles. The number of carbonyl (C=O) groups is 2. The van der Waals surface area contributed by atoms with Crippen LogP contribution in [0.2, 0.25) is 0 Å². The van der Waals surface area contributed by atoms with Crippen molar-refractivity contribution in [3.63, 3.8) is 0 Å². The highest BCUT2D eigenvalue weighted by Gasteiger charge is 2.10. The van der Waals surface area contributed by atoms with E-state index in [0.717, 1.165) is 5.56 Å². The molecule has 0 bridgehead atoms. The number of anilines is 1. The van der Waals surface area contributed by atoms with Crippen LogP contribution in [0.15, 0.2) is 84.4 Å². The number of hydrogen-bond donors (Lipinski definition) is 1. The zero-order valence-corrected chi connectivity index (χ0v) is 15.8. The van der Waals surface area contributed by atoms with E-state index in [-0.39, 0.29) is 5.57 Å². The first kappa shape index (κ1) is 19.6. The first-order valence-electron chi connectivity index (χ1n) is 8.92. The molecule has 1 amide bonds. The van der Waals surface area contributed by atoms with Gasteiger partial charge in [-0.15, -0.1) is 0 Å². The Morgan fingerprint density at radius 2 is 1.59 bits per heavy atom. The van der Waals surface area contributed by atoms with E-state index in [1.165, 1.54) is 6.08 Å². The van der Waals surface area contributed by atoms with Crippen LogP contribution < -0.4 is 10.1 Å². The van der Waals surface area contributed by atoms with E-state index in [1.54, 1.807) is 60.7 Å². The van der Waals surface area contributed by atoms with Crippen LogP contribution in [0.5, 0.6) is 5.75 Å². The third kappa shape index (κ3) is 5.41. The minimum absolute atomic E-state index is 0.0294. The number of para-hydroxylation sites is 1. The SMILES string of the molecule is Cc1ccc(C(=O)Oc2ccc(/C=C(/C#N)C(=O)Nc3ccccc3)cc2)cc1. The van der Waals surface area contributed by atoms with Gasteiger partial charge in [-0.1, -0.05) is 48.0 Å². The van der Waals surface area contributed by atoms with E-state index in [4.69, 9.17) is 4.74 Å². The monoisotopic (exact) mass is 382 g/mol. The molecule has 0 saturated carbocycles. The summed E-state index contributed by atoms with van der Waals surface area (Å²) in [5.41, 5.74) is 2.74. The summed E-state index contributed by atoms with van der Waals surface area (Å²) in [6, 6.07) is 24.5. The quantitative estimate of drug-likeness (QED) is 0.299. The molecule has 142 valence electrons. The number of nitrogens with zero attached hydrogens (tertiary/aromatic N) is 1. The summed E-state index contributed by atoms with van der Waals surface area (Å²) >= 11 is 0. The second-order valence-corrected chi connectivity index (χ2v) is 6.31. The Labute approximate surface area is 168 Å². The molecule has 0 aliphatic heterocycles. The molecule has 29 heavy (non-hydrogen) atoms. The van der Waals surface area contributed by atoms with Crippen molar-refractivity contribution in [2.75, 3.05) is 5.32 Å². The number of hydrogen-bond acceptors (Lipinski definition) is 4. The van der Waals surface area contributed by atoms with Gasteiger partial charge in [-0.2, -0.15) is 5.26 Å². The molecule has 0 heterocycles. The first-order valence-corrected chi connectivity index (χ1v) is 8.92. The maximum absolute atomic E-state index is 12.3. The Balaban J connectivity index is 1.68. The van der Waals surface area contributed by atoms with Gasteiger partial charge in [-0.25, -0.2) is 4.79 Å². The van der Waals surface area contributed by atoms with Gasteiger partial charge in [-0.05, 0) is 55.0 Å². The number of aryl methyl sites for hydroxylation is 1. The van der Waals surface area contributed by atoms with E-state index in [9.17, 15) is 14.9 Å². The second kappa shape index (κ2) is 9.16. The highest BCUT2D eigenvalue weighted by atomic mass is 16.5. The van der Waals surface area contributed by atoms with Crippen LogP contribution in [0, 0.1) is 18.3 Å². The van der Waals surface area contributed by atoms with E-state index in [2.05, 4.69) is 5.32 Å².